The number of carbonyl (C=O) groups excluding carboxylic acids is 2. The molecular formula is C18H15FN2O4. The van der Waals surface area contributed by atoms with E-state index < -0.39 is 17.6 Å². The average Bonchev–Trinajstić information content (AvgIpc) is 3.26. The van der Waals surface area contributed by atoms with Crippen LogP contribution in [-0.2, 0) is 16.1 Å². The minimum atomic E-state index is -0.888. The molecule has 0 fully saturated rings. The molecule has 0 aliphatic rings. The van der Waals surface area contributed by atoms with Crippen LogP contribution in [0.15, 0.2) is 57.6 Å². The van der Waals surface area contributed by atoms with Crippen LogP contribution in [0.4, 0.5) is 10.1 Å². The second-order valence-corrected chi connectivity index (χ2v) is 5.34. The quantitative estimate of drug-likeness (QED) is 0.713. The van der Waals surface area contributed by atoms with Crippen molar-refractivity contribution in [3.8, 4) is 11.5 Å². The number of rotatable bonds is 4. The van der Waals surface area contributed by atoms with Gasteiger partial charge in [0, 0.05) is 5.69 Å². The molecule has 0 aliphatic carbocycles. The van der Waals surface area contributed by atoms with Crippen molar-refractivity contribution in [3.63, 3.8) is 0 Å². The van der Waals surface area contributed by atoms with Gasteiger partial charge in [0.25, 0.3) is 0 Å². The Morgan fingerprint density at radius 3 is 2.64 bits per heavy atom. The smallest absolute Gasteiger partial charge is 0.313 e. The number of benzene rings is 1. The Labute approximate surface area is 142 Å². The van der Waals surface area contributed by atoms with E-state index in [2.05, 4.69) is 10.6 Å². The number of aryl methyl sites for hydroxylation is 1. The molecule has 0 unspecified atom stereocenters. The first kappa shape index (κ1) is 16.5. The van der Waals surface area contributed by atoms with Crippen molar-refractivity contribution in [1.82, 2.24) is 5.32 Å². The molecule has 2 N–H and O–H groups in total. The second kappa shape index (κ2) is 7.04. The molecule has 6 nitrogen and oxygen atoms in total. The standard InChI is InChI=1S/C18H15FN2O4/c1-11-4-5-12(9-14(11)19)21-18(23)17(22)20-10-13-6-7-16(25-13)15-3-2-8-24-15/h2-9H,10H2,1H3,(H,20,22)(H,21,23). The fraction of sp³-hybridized carbons (Fsp3) is 0.111. The minimum Gasteiger partial charge on any atom is -0.461 e. The number of nitrogens with one attached hydrogen (secondary N) is 2. The lowest BCUT2D eigenvalue weighted by atomic mass is 10.2. The van der Waals surface area contributed by atoms with Crippen LogP contribution in [0.1, 0.15) is 11.3 Å². The van der Waals surface area contributed by atoms with Crippen LogP contribution < -0.4 is 10.6 Å². The van der Waals surface area contributed by atoms with Gasteiger partial charge in [-0.2, -0.15) is 0 Å². The highest BCUT2D eigenvalue weighted by Crippen LogP contribution is 2.22. The van der Waals surface area contributed by atoms with Crippen LogP contribution in [0.25, 0.3) is 11.5 Å². The first-order chi connectivity index (χ1) is 12.0. The summed E-state index contributed by atoms with van der Waals surface area (Å²) in [4.78, 5) is 23.7. The van der Waals surface area contributed by atoms with E-state index in [1.807, 2.05) is 0 Å². The van der Waals surface area contributed by atoms with Crippen LogP contribution in [-0.4, -0.2) is 11.8 Å². The van der Waals surface area contributed by atoms with Crippen LogP contribution in [0.5, 0.6) is 0 Å². The summed E-state index contributed by atoms with van der Waals surface area (Å²) in [5.74, 6) is -0.642. The number of hydrogen-bond donors (Lipinski definition) is 2. The van der Waals surface area contributed by atoms with Crippen molar-refractivity contribution in [3.05, 3.63) is 65.9 Å². The molecule has 2 aromatic heterocycles. The van der Waals surface area contributed by atoms with Gasteiger partial charge in [-0.25, -0.2) is 4.39 Å². The first-order valence-corrected chi connectivity index (χ1v) is 7.51. The second-order valence-electron chi connectivity index (χ2n) is 5.34. The largest absolute Gasteiger partial charge is 0.461 e. The molecule has 2 heterocycles. The van der Waals surface area contributed by atoms with E-state index in [0.717, 1.165) is 6.07 Å². The summed E-state index contributed by atoms with van der Waals surface area (Å²) < 4.78 is 24.2. The predicted molar refractivity (Wildman–Crippen MR) is 88.0 cm³/mol. The Kier molecular flexibility index (Phi) is 4.65. The normalized spacial score (nSPS) is 10.5. The van der Waals surface area contributed by atoms with Gasteiger partial charge in [0.15, 0.2) is 11.5 Å². The molecule has 0 atom stereocenters. The van der Waals surface area contributed by atoms with Crippen molar-refractivity contribution in [1.29, 1.82) is 0 Å². The van der Waals surface area contributed by atoms with Gasteiger partial charge < -0.3 is 19.5 Å². The Morgan fingerprint density at radius 1 is 1.08 bits per heavy atom. The minimum absolute atomic E-state index is 0.0369. The highest BCUT2D eigenvalue weighted by Gasteiger charge is 2.15. The highest BCUT2D eigenvalue weighted by atomic mass is 19.1. The maximum absolute atomic E-state index is 13.4. The lowest BCUT2D eigenvalue weighted by Gasteiger charge is -2.06. The topological polar surface area (TPSA) is 84.5 Å². The van der Waals surface area contributed by atoms with Crippen molar-refractivity contribution >= 4 is 17.5 Å². The van der Waals surface area contributed by atoms with E-state index >= 15 is 0 Å². The summed E-state index contributed by atoms with van der Waals surface area (Å²) in [6.45, 7) is 1.64. The maximum Gasteiger partial charge on any atom is 0.313 e. The number of hydrogen-bond acceptors (Lipinski definition) is 4. The summed E-state index contributed by atoms with van der Waals surface area (Å²) in [7, 11) is 0. The van der Waals surface area contributed by atoms with Crippen LogP contribution in [0.2, 0.25) is 0 Å². The van der Waals surface area contributed by atoms with E-state index in [0.29, 0.717) is 22.8 Å². The summed E-state index contributed by atoms with van der Waals surface area (Å²) in [6.07, 6.45) is 1.53. The number of carbonyl (C=O) groups is 2. The molecule has 0 aliphatic heterocycles. The van der Waals surface area contributed by atoms with Crippen LogP contribution in [0, 0.1) is 12.7 Å². The van der Waals surface area contributed by atoms with E-state index in [1.165, 1.54) is 18.4 Å². The molecule has 0 saturated carbocycles. The third-order valence-corrected chi connectivity index (χ3v) is 3.48. The van der Waals surface area contributed by atoms with Gasteiger partial charge in [-0.15, -0.1) is 0 Å². The Morgan fingerprint density at radius 2 is 1.92 bits per heavy atom. The Bertz CT molecular complexity index is 900. The number of halogens is 1. The SMILES string of the molecule is Cc1ccc(NC(=O)C(=O)NCc2ccc(-c3ccco3)o2)cc1F. The molecule has 0 radical (unpaired) electrons. The van der Waals surface area contributed by atoms with Gasteiger partial charge in [0.2, 0.25) is 0 Å². The molecule has 0 saturated heterocycles. The number of furan rings is 2. The van der Waals surface area contributed by atoms with Gasteiger partial charge in [-0.3, -0.25) is 9.59 Å². The van der Waals surface area contributed by atoms with E-state index in [9.17, 15) is 14.0 Å². The molecule has 25 heavy (non-hydrogen) atoms. The fourth-order valence-corrected chi connectivity index (χ4v) is 2.13. The maximum atomic E-state index is 13.4. The van der Waals surface area contributed by atoms with Crippen molar-refractivity contribution < 1.29 is 22.8 Å². The highest BCUT2D eigenvalue weighted by molar-refractivity contribution is 6.39. The summed E-state index contributed by atoms with van der Waals surface area (Å²) in [6, 6.07) is 11.0. The summed E-state index contributed by atoms with van der Waals surface area (Å²) in [5.41, 5.74) is 0.661. The van der Waals surface area contributed by atoms with E-state index in [1.54, 1.807) is 31.2 Å². The van der Waals surface area contributed by atoms with Crippen molar-refractivity contribution in [2.24, 2.45) is 0 Å². The zero-order chi connectivity index (χ0) is 17.8. The van der Waals surface area contributed by atoms with Gasteiger partial charge in [-0.1, -0.05) is 6.07 Å². The van der Waals surface area contributed by atoms with Gasteiger partial charge in [0.1, 0.15) is 11.6 Å². The molecule has 3 aromatic rings. The Hall–Kier alpha value is -3.35. The summed E-state index contributed by atoms with van der Waals surface area (Å²) >= 11 is 0. The predicted octanol–water partition coefficient (Wildman–Crippen LogP) is 3.24. The lowest BCUT2D eigenvalue weighted by molar-refractivity contribution is -0.136. The number of anilines is 1. The molecule has 7 heteroatoms. The molecule has 3 rings (SSSR count). The molecule has 128 valence electrons. The Balaban J connectivity index is 1.55. The first-order valence-electron chi connectivity index (χ1n) is 7.51. The fourth-order valence-electron chi connectivity index (χ4n) is 2.13. The summed E-state index contributed by atoms with van der Waals surface area (Å²) in [5, 5.41) is 4.77. The van der Waals surface area contributed by atoms with Gasteiger partial charge >= 0.3 is 11.8 Å². The van der Waals surface area contributed by atoms with Crippen LogP contribution >= 0.6 is 0 Å². The van der Waals surface area contributed by atoms with E-state index in [-0.39, 0.29) is 12.2 Å². The van der Waals surface area contributed by atoms with E-state index in [4.69, 9.17) is 8.83 Å². The van der Waals surface area contributed by atoms with Gasteiger partial charge in [-0.05, 0) is 48.9 Å². The third-order valence-electron chi connectivity index (χ3n) is 3.48. The lowest BCUT2D eigenvalue weighted by Crippen LogP contribution is -2.34. The monoisotopic (exact) mass is 342 g/mol. The molecule has 2 amide bonds. The average molecular weight is 342 g/mol. The zero-order valence-electron chi connectivity index (χ0n) is 13.3. The molecule has 0 spiro atoms. The van der Waals surface area contributed by atoms with Crippen molar-refractivity contribution in [2.75, 3.05) is 5.32 Å². The molecule has 1 aromatic carbocycles. The number of amides is 2. The molecular weight excluding hydrogens is 327 g/mol. The molecule has 0 bridgehead atoms. The third kappa shape index (κ3) is 3.95. The zero-order valence-corrected chi connectivity index (χ0v) is 13.3. The van der Waals surface area contributed by atoms with Crippen LogP contribution in [0.3, 0.4) is 0 Å². The van der Waals surface area contributed by atoms with Gasteiger partial charge in [0.05, 0.1) is 12.8 Å². The van der Waals surface area contributed by atoms with Crippen molar-refractivity contribution in [2.45, 2.75) is 13.5 Å².